The molecule has 0 fully saturated rings. The molecule has 0 aliphatic carbocycles. The number of phenols is 1. The Balaban J connectivity index is 1.33. The predicted molar refractivity (Wildman–Crippen MR) is 160 cm³/mol. The molecule has 3 aromatic carbocycles. The van der Waals surface area contributed by atoms with Crippen LogP contribution in [0.15, 0.2) is 72.8 Å². The number of carbonyl (C=O) groups is 1. The normalized spacial score (nSPS) is 11.9. The van der Waals surface area contributed by atoms with Crippen LogP contribution in [-0.2, 0) is 35.5 Å². The zero-order chi connectivity index (χ0) is 29.5. The number of halogens is 1. The van der Waals surface area contributed by atoms with Gasteiger partial charge in [0.05, 0.1) is 5.69 Å². The number of aromatic nitrogens is 6. The Bertz CT molecular complexity index is 1620. The molecule has 0 unspecified atom stereocenters. The molecule has 2 aromatic heterocycles. The molecule has 0 spiro atoms. The van der Waals surface area contributed by atoms with E-state index >= 15 is 0 Å². The molecule has 4 N–H and O–H groups in total. The number of hydrogen-bond donors (Lipinski definition) is 3. The number of H-pyrrole nitrogens is 1. The number of rotatable bonds is 12. The summed E-state index contributed by atoms with van der Waals surface area (Å²) in [6, 6.07) is 21.9. The van der Waals surface area contributed by atoms with Crippen molar-refractivity contribution < 1.29 is 14.6 Å². The van der Waals surface area contributed by atoms with E-state index in [1.54, 1.807) is 24.3 Å². The number of ether oxygens (including phenoxy) is 1. The van der Waals surface area contributed by atoms with Crippen LogP contribution in [0, 0.1) is 0 Å². The van der Waals surface area contributed by atoms with E-state index in [9.17, 15) is 9.90 Å². The number of imidazole rings is 1. The number of benzene rings is 3. The number of hydrogen-bond acceptors (Lipinski definition) is 8. The molecule has 11 heteroatoms. The minimum Gasteiger partial charge on any atom is -0.508 e. The third-order valence-electron chi connectivity index (χ3n) is 7.02. The fourth-order valence-electron chi connectivity index (χ4n) is 4.75. The second-order valence-corrected chi connectivity index (χ2v) is 10.4. The molecule has 0 saturated carbocycles. The summed E-state index contributed by atoms with van der Waals surface area (Å²) >= 11 is 6.58. The number of esters is 1. The van der Waals surface area contributed by atoms with Gasteiger partial charge in [-0.1, -0.05) is 85.6 Å². The largest absolute Gasteiger partial charge is 0.508 e. The van der Waals surface area contributed by atoms with Crippen LogP contribution in [0.5, 0.6) is 5.75 Å². The summed E-state index contributed by atoms with van der Waals surface area (Å²) in [4.78, 5) is 17.4. The highest BCUT2D eigenvalue weighted by molar-refractivity contribution is 6.30. The zero-order valence-corrected chi connectivity index (χ0v) is 24.0. The topological polar surface area (TPSA) is 145 Å². The van der Waals surface area contributed by atoms with Crippen molar-refractivity contribution in [1.82, 2.24) is 30.2 Å². The number of unbranched alkanes of at least 4 members (excludes halogenated alkanes) is 1. The van der Waals surface area contributed by atoms with Gasteiger partial charge in [-0.2, -0.15) is 5.21 Å². The Morgan fingerprint density at radius 3 is 2.45 bits per heavy atom. The molecule has 5 rings (SSSR count). The van der Waals surface area contributed by atoms with Crippen molar-refractivity contribution in [2.45, 2.75) is 51.8 Å². The monoisotopic (exact) mass is 585 g/mol. The van der Waals surface area contributed by atoms with Crippen LogP contribution >= 0.6 is 11.6 Å². The van der Waals surface area contributed by atoms with E-state index in [0.717, 1.165) is 52.9 Å². The molecule has 0 radical (unpaired) electrons. The van der Waals surface area contributed by atoms with Crippen LogP contribution < -0.4 is 5.73 Å². The van der Waals surface area contributed by atoms with Gasteiger partial charge in [0, 0.05) is 18.5 Å². The summed E-state index contributed by atoms with van der Waals surface area (Å²) in [6.07, 6.45) is 3.00. The highest BCUT2D eigenvalue weighted by Crippen LogP contribution is 2.30. The molecule has 216 valence electrons. The van der Waals surface area contributed by atoms with Crippen molar-refractivity contribution in [3.63, 3.8) is 0 Å². The van der Waals surface area contributed by atoms with Gasteiger partial charge in [0.15, 0.2) is 5.15 Å². The number of phenolic OH excluding ortho intramolecular Hbond substituents is 1. The van der Waals surface area contributed by atoms with E-state index in [1.807, 2.05) is 28.8 Å². The van der Waals surface area contributed by atoms with E-state index in [-0.39, 0.29) is 18.8 Å². The SMILES string of the molecule is CCCCc1nc(Cl)c(COC(=O)[C@H](N)Cc2ccc(O)cc2)n1Cc1ccc(-c2ccccc2-c2nn[nH]n2)cc1. The maximum atomic E-state index is 12.7. The highest BCUT2D eigenvalue weighted by Gasteiger charge is 2.21. The van der Waals surface area contributed by atoms with Crippen molar-refractivity contribution in [3.05, 3.63) is 101 Å². The second kappa shape index (κ2) is 13.4. The first-order valence-electron chi connectivity index (χ1n) is 13.8. The van der Waals surface area contributed by atoms with Gasteiger partial charge in [0.2, 0.25) is 5.82 Å². The van der Waals surface area contributed by atoms with Gasteiger partial charge in [0.1, 0.15) is 24.2 Å². The Labute approximate surface area is 248 Å². The smallest absolute Gasteiger partial charge is 0.323 e. The molecule has 0 bridgehead atoms. The molecule has 0 amide bonds. The Kier molecular flexibility index (Phi) is 9.25. The standard InChI is InChI=1S/C31H32ClN7O3/c1-2-3-8-28-34-29(32)27(19-42-31(41)26(33)17-20-11-15-23(40)16-12-20)39(28)18-21-9-13-22(14-10-21)24-6-4-5-7-25(24)30-35-37-38-36-30/h4-7,9-16,26,40H,2-3,8,17-19,33H2,1H3,(H,35,36,37,38)/t26-/m1/s1. The Hall–Kier alpha value is -4.54. The Morgan fingerprint density at radius 1 is 1.05 bits per heavy atom. The van der Waals surface area contributed by atoms with Gasteiger partial charge in [-0.3, -0.25) is 4.79 Å². The van der Waals surface area contributed by atoms with Gasteiger partial charge >= 0.3 is 5.97 Å². The number of nitrogens with two attached hydrogens (primary N) is 1. The summed E-state index contributed by atoms with van der Waals surface area (Å²) < 4.78 is 7.64. The number of nitrogens with one attached hydrogen (secondary N) is 1. The maximum Gasteiger partial charge on any atom is 0.323 e. The van der Waals surface area contributed by atoms with E-state index in [2.05, 4.69) is 56.8 Å². The lowest BCUT2D eigenvalue weighted by Gasteiger charge is -2.15. The number of aromatic hydroxyl groups is 1. The van der Waals surface area contributed by atoms with Crippen molar-refractivity contribution >= 4 is 17.6 Å². The molecule has 0 aliphatic heterocycles. The minimum absolute atomic E-state index is 0.0454. The lowest BCUT2D eigenvalue weighted by molar-refractivity contribution is -0.146. The number of aryl methyl sites for hydroxylation is 1. The van der Waals surface area contributed by atoms with Gasteiger partial charge in [-0.15, -0.1) is 10.2 Å². The third-order valence-corrected chi connectivity index (χ3v) is 7.32. The number of carbonyl (C=O) groups excluding carboxylic acids is 1. The molecule has 1 atom stereocenters. The molecule has 0 aliphatic rings. The lowest BCUT2D eigenvalue weighted by Crippen LogP contribution is -2.34. The number of tetrazole rings is 1. The van der Waals surface area contributed by atoms with E-state index in [0.29, 0.717) is 23.2 Å². The van der Waals surface area contributed by atoms with Gasteiger partial charge in [-0.05, 0) is 52.4 Å². The molecular weight excluding hydrogens is 554 g/mol. The number of aromatic amines is 1. The van der Waals surface area contributed by atoms with Crippen LogP contribution in [0.25, 0.3) is 22.5 Å². The molecular formula is C31H32ClN7O3. The predicted octanol–water partition coefficient (Wildman–Crippen LogP) is 5.09. The second-order valence-electron chi connectivity index (χ2n) is 10.0. The average molecular weight is 586 g/mol. The van der Waals surface area contributed by atoms with Crippen molar-refractivity contribution in [1.29, 1.82) is 0 Å². The van der Waals surface area contributed by atoms with E-state index in [1.165, 1.54) is 0 Å². The first kappa shape index (κ1) is 29.0. The summed E-state index contributed by atoms with van der Waals surface area (Å²) in [5, 5.41) is 24.3. The molecule has 5 aromatic rings. The third kappa shape index (κ3) is 6.84. The van der Waals surface area contributed by atoms with Crippen molar-refractivity contribution in [3.8, 4) is 28.3 Å². The molecule has 0 saturated heterocycles. The van der Waals surface area contributed by atoms with Gasteiger partial charge < -0.3 is 20.1 Å². The molecule has 42 heavy (non-hydrogen) atoms. The van der Waals surface area contributed by atoms with E-state index < -0.39 is 12.0 Å². The average Bonchev–Trinajstić information content (AvgIpc) is 3.64. The van der Waals surface area contributed by atoms with Crippen LogP contribution in [0.2, 0.25) is 5.15 Å². The lowest BCUT2D eigenvalue weighted by atomic mass is 9.98. The highest BCUT2D eigenvalue weighted by atomic mass is 35.5. The summed E-state index contributed by atoms with van der Waals surface area (Å²) in [6.45, 7) is 2.59. The maximum absolute atomic E-state index is 12.7. The first-order chi connectivity index (χ1) is 20.4. The number of nitrogens with zero attached hydrogens (tertiary/aromatic N) is 5. The van der Waals surface area contributed by atoms with E-state index in [4.69, 9.17) is 22.1 Å². The van der Waals surface area contributed by atoms with Crippen molar-refractivity contribution in [2.24, 2.45) is 5.73 Å². The molecule has 2 heterocycles. The fraction of sp³-hybridized carbons (Fsp3) is 0.258. The van der Waals surface area contributed by atoms with Crippen LogP contribution in [0.3, 0.4) is 0 Å². The van der Waals surface area contributed by atoms with Gasteiger partial charge in [-0.25, -0.2) is 4.98 Å². The Morgan fingerprint density at radius 2 is 1.76 bits per heavy atom. The fourth-order valence-corrected chi connectivity index (χ4v) is 5.00. The van der Waals surface area contributed by atoms with Crippen LogP contribution in [0.1, 0.15) is 42.4 Å². The van der Waals surface area contributed by atoms with Gasteiger partial charge in [0.25, 0.3) is 0 Å². The van der Waals surface area contributed by atoms with Crippen LogP contribution in [0.4, 0.5) is 0 Å². The first-order valence-corrected chi connectivity index (χ1v) is 14.2. The minimum atomic E-state index is -0.855. The summed E-state index contributed by atoms with van der Waals surface area (Å²) in [5.74, 6) is 0.990. The molecule has 10 nitrogen and oxygen atoms in total. The zero-order valence-electron chi connectivity index (χ0n) is 23.2. The van der Waals surface area contributed by atoms with Crippen molar-refractivity contribution in [2.75, 3.05) is 0 Å². The summed E-state index contributed by atoms with van der Waals surface area (Å²) in [7, 11) is 0. The quantitative estimate of drug-likeness (QED) is 0.172. The summed E-state index contributed by atoms with van der Waals surface area (Å²) in [5.41, 5.74) is 11.5. The van der Waals surface area contributed by atoms with Crippen LogP contribution in [-0.4, -0.2) is 47.3 Å².